The van der Waals surface area contributed by atoms with E-state index in [2.05, 4.69) is 5.32 Å². The Bertz CT molecular complexity index is 599. The number of anilines is 1. The molecule has 112 valence electrons. The number of nitrogens with one attached hydrogen (secondary N) is 1. The molecule has 0 bridgehead atoms. The maximum absolute atomic E-state index is 12.8. The lowest BCUT2D eigenvalue weighted by Gasteiger charge is -2.41. The number of rotatable bonds is 2. The molecule has 2 aliphatic rings. The van der Waals surface area contributed by atoms with Gasteiger partial charge in [-0.05, 0) is 50.3 Å². The number of aliphatic carboxylic acids is 1. The predicted octanol–water partition coefficient (Wildman–Crippen LogP) is 2.12. The lowest BCUT2D eigenvalue weighted by atomic mass is 9.87. The average Bonchev–Trinajstić information content (AvgIpc) is 2.94. The fourth-order valence-electron chi connectivity index (χ4n) is 3.25. The molecule has 21 heavy (non-hydrogen) atoms. The lowest BCUT2D eigenvalue weighted by Crippen LogP contribution is -2.57. The molecular weight excluding hydrogens is 268 g/mol. The molecule has 1 aromatic carbocycles. The molecule has 5 heteroatoms. The van der Waals surface area contributed by atoms with Crippen LogP contribution in [0.15, 0.2) is 18.2 Å². The van der Waals surface area contributed by atoms with Gasteiger partial charge in [-0.15, -0.1) is 0 Å². The van der Waals surface area contributed by atoms with E-state index in [1.807, 2.05) is 18.2 Å². The van der Waals surface area contributed by atoms with Crippen LogP contribution in [0.5, 0.6) is 0 Å². The topological polar surface area (TPSA) is 69.6 Å². The first-order valence-corrected chi connectivity index (χ1v) is 7.44. The smallest absolute Gasteiger partial charge is 0.329 e. The minimum Gasteiger partial charge on any atom is -0.480 e. The van der Waals surface area contributed by atoms with E-state index in [4.69, 9.17) is 0 Å². The molecule has 0 spiro atoms. The van der Waals surface area contributed by atoms with E-state index >= 15 is 0 Å². The maximum atomic E-state index is 12.8. The standard InChI is InChI=1S/C16H20N2O3/c1-16(15(20)21)7-2-3-9-18(16)14(19)12-5-4-11-6-8-17-13(11)10-12/h4-5,10,17H,2-3,6-9H2,1H3,(H,20,21). The summed E-state index contributed by atoms with van der Waals surface area (Å²) in [4.78, 5) is 25.9. The first kappa shape index (κ1) is 13.9. The highest BCUT2D eigenvalue weighted by Crippen LogP contribution is 2.31. The van der Waals surface area contributed by atoms with Crippen LogP contribution in [0.4, 0.5) is 5.69 Å². The van der Waals surface area contributed by atoms with Crippen molar-refractivity contribution in [2.24, 2.45) is 0 Å². The highest BCUT2D eigenvalue weighted by molar-refractivity contribution is 5.98. The molecule has 0 aliphatic carbocycles. The first-order valence-electron chi connectivity index (χ1n) is 7.44. The minimum atomic E-state index is -1.10. The number of carbonyl (C=O) groups is 2. The van der Waals surface area contributed by atoms with Crippen LogP contribution in [-0.2, 0) is 11.2 Å². The van der Waals surface area contributed by atoms with Gasteiger partial charge < -0.3 is 15.3 Å². The van der Waals surface area contributed by atoms with Crippen molar-refractivity contribution in [1.82, 2.24) is 4.90 Å². The molecule has 1 amide bonds. The zero-order valence-electron chi connectivity index (χ0n) is 12.2. The number of hydrogen-bond acceptors (Lipinski definition) is 3. The first-order chi connectivity index (χ1) is 10.0. The highest BCUT2D eigenvalue weighted by atomic mass is 16.4. The quantitative estimate of drug-likeness (QED) is 0.874. The van der Waals surface area contributed by atoms with Crippen LogP contribution in [0, 0.1) is 0 Å². The summed E-state index contributed by atoms with van der Waals surface area (Å²) in [6.07, 6.45) is 3.19. The van der Waals surface area contributed by atoms with E-state index in [0.717, 1.165) is 31.5 Å². The number of carboxylic acid groups (broad SMARTS) is 1. The van der Waals surface area contributed by atoms with Gasteiger partial charge in [0.15, 0.2) is 0 Å². The number of likely N-dealkylation sites (tertiary alicyclic amines) is 1. The van der Waals surface area contributed by atoms with Gasteiger partial charge in [0.05, 0.1) is 0 Å². The number of hydrogen-bond donors (Lipinski definition) is 2. The van der Waals surface area contributed by atoms with Crippen LogP contribution >= 0.6 is 0 Å². The molecule has 2 aliphatic heterocycles. The van der Waals surface area contributed by atoms with E-state index in [9.17, 15) is 14.7 Å². The van der Waals surface area contributed by atoms with Crippen LogP contribution in [0.3, 0.4) is 0 Å². The Hall–Kier alpha value is -2.04. The molecule has 1 fully saturated rings. The van der Waals surface area contributed by atoms with Crippen molar-refractivity contribution < 1.29 is 14.7 Å². The van der Waals surface area contributed by atoms with Crippen molar-refractivity contribution in [3.63, 3.8) is 0 Å². The second-order valence-electron chi connectivity index (χ2n) is 6.04. The molecule has 1 atom stereocenters. The Morgan fingerprint density at radius 3 is 2.90 bits per heavy atom. The normalized spacial score (nSPS) is 24.3. The molecular formula is C16H20N2O3. The second kappa shape index (κ2) is 5.06. The molecule has 5 nitrogen and oxygen atoms in total. The number of amides is 1. The fraction of sp³-hybridized carbons (Fsp3) is 0.500. The van der Waals surface area contributed by atoms with Gasteiger partial charge in [0, 0.05) is 24.3 Å². The Kier molecular flexibility index (Phi) is 3.35. The van der Waals surface area contributed by atoms with Gasteiger partial charge >= 0.3 is 5.97 Å². The summed E-state index contributed by atoms with van der Waals surface area (Å²) in [5.41, 5.74) is 1.68. The molecule has 3 rings (SSSR count). The Labute approximate surface area is 123 Å². The third-order valence-electron chi connectivity index (χ3n) is 4.66. The van der Waals surface area contributed by atoms with Crippen molar-refractivity contribution in [3.05, 3.63) is 29.3 Å². The second-order valence-corrected chi connectivity index (χ2v) is 6.04. The Morgan fingerprint density at radius 1 is 1.33 bits per heavy atom. The number of benzene rings is 1. The van der Waals surface area contributed by atoms with Gasteiger partial charge in [-0.1, -0.05) is 6.07 Å². The van der Waals surface area contributed by atoms with Gasteiger partial charge in [-0.2, -0.15) is 0 Å². The highest BCUT2D eigenvalue weighted by Gasteiger charge is 2.44. The fourth-order valence-corrected chi connectivity index (χ4v) is 3.25. The summed E-state index contributed by atoms with van der Waals surface area (Å²) < 4.78 is 0. The number of carbonyl (C=O) groups excluding carboxylic acids is 1. The van der Waals surface area contributed by atoms with Gasteiger partial charge in [-0.25, -0.2) is 4.79 Å². The summed E-state index contributed by atoms with van der Waals surface area (Å²) in [6, 6.07) is 5.62. The molecule has 0 aromatic heterocycles. The monoisotopic (exact) mass is 288 g/mol. The molecule has 1 saturated heterocycles. The van der Waals surface area contributed by atoms with Crippen LogP contribution < -0.4 is 5.32 Å². The predicted molar refractivity (Wildman–Crippen MR) is 79.6 cm³/mol. The largest absolute Gasteiger partial charge is 0.480 e. The van der Waals surface area contributed by atoms with E-state index < -0.39 is 11.5 Å². The zero-order chi connectivity index (χ0) is 15.0. The summed E-state index contributed by atoms with van der Waals surface area (Å²) in [5, 5.41) is 12.8. The lowest BCUT2D eigenvalue weighted by molar-refractivity contribution is -0.150. The van der Waals surface area contributed by atoms with E-state index in [-0.39, 0.29) is 5.91 Å². The van der Waals surface area contributed by atoms with Crippen LogP contribution in [0.2, 0.25) is 0 Å². The van der Waals surface area contributed by atoms with Crippen molar-refractivity contribution >= 4 is 17.6 Å². The van der Waals surface area contributed by atoms with Gasteiger partial charge in [0.25, 0.3) is 5.91 Å². The van der Waals surface area contributed by atoms with E-state index in [0.29, 0.717) is 18.5 Å². The third-order valence-corrected chi connectivity index (χ3v) is 4.66. The van der Waals surface area contributed by atoms with Crippen LogP contribution in [0.1, 0.15) is 42.1 Å². The SMILES string of the molecule is CC1(C(=O)O)CCCCN1C(=O)c1ccc2c(c1)NCC2. The van der Waals surface area contributed by atoms with E-state index in [1.165, 1.54) is 10.5 Å². The number of nitrogens with zero attached hydrogens (tertiary/aromatic N) is 1. The zero-order valence-corrected chi connectivity index (χ0v) is 12.2. The van der Waals surface area contributed by atoms with Crippen molar-refractivity contribution in [2.45, 2.75) is 38.1 Å². The van der Waals surface area contributed by atoms with Gasteiger partial charge in [-0.3, -0.25) is 4.79 Å². The number of piperidine rings is 1. The molecule has 1 aromatic rings. The van der Waals surface area contributed by atoms with Gasteiger partial charge in [0.2, 0.25) is 0 Å². The third kappa shape index (κ3) is 2.26. The number of fused-ring (bicyclic) bond motifs is 1. The number of carboxylic acids is 1. The maximum Gasteiger partial charge on any atom is 0.329 e. The van der Waals surface area contributed by atoms with Crippen LogP contribution in [0.25, 0.3) is 0 Å². The minimum absolute atomic E-state index is 0.184. The van der Waals surface area contributed by atoms with Crippen LogP contribution in [-0.4, -0.2) is 40.5 Å². The molecule has 2 N–H and O–H groups in total. The van der Waals surface area contributed by atoms with Crippen molar-refractivity contribution in [2.75, 3.05) is 18.4 Å². The summed E-state index contributed by atoms with van der Waals surface area (Å²) >= 11 is 0. The molecule has 0 saturated carbocycles. The average molecular weight is 288 g/mol. The Balaban J connectivity index is 1.91. The molecule has 0 radical (unpaired) electrons. The van der Waals surface area contributed by atoms with Crippen molar-refractivity contribution in [1.29, 1.82) is 0 Å². The Morgan fingerprint density at radius 2 is 2.14 bits per heavy atom. The van der Waals surface area contributed by atoms with Crippen molar-refractivity contribution in [3.8, 4) is 0 Å². The molecule has 2 heterocycles. The summed E-state index contributed by atoms with van der Waals surface area (Å²) in [7, 11) is 0. The summed E-state index contributed by atoms with van der Waals surface area (Å²) in [5.74, 6) is -1.11. The molecule has 1 unspecified atom stereocenters. The summed E-state index contributed by atoms with van der Waals surface area (Å²) in [6.45, 7) is 3.05. The van der Waals surface area contributed by atoms with Gasteiger partial charge in [0.1, 0.15) is 5.54 Å². The van der Waals surface area contributed by atoms with E-state index in [1.54, 1.807) is 6.92 Å².